The zero-order valence-electron chi connectivity index (χ0n) is 12.3. The van der Waals surface area contributed by atoms with E-state index in [4.69, 9.17) is 5.73 Å². The Bertz CT molecular complexity index is 632. The Balaban J connectivity index is 3.28. The molecule has 0 saturated heterocycles. The normalized spacial score (nSPS) is 11.7. The first-order valence-corrected chi connectivity index (χ1v) is 7.94. The molecule has 6 nitrogen and oxygen atoms in total. The summed E-state index contributed by atoms with van der Waals surface area (Å²) in [6.07, 6.45) is 0.548. The number of likely N-dealkylation sites (N-methyl/N-ethyl adjacent to an activating group) is 1. The van der Waals surface area contributed by atoms with E-state index < -0.39 is 21.7 Å². The van der Waals surface area contributed by atoms with Crippen LogP contribution in [0.5, 0.6) is 0 Å². The molecule has 1 aromatic rings. The lowest BCUT2D eigenvalue weighted by atomic mass is 10.2. The van der Waals surface area contributed by atoms with E-state index >= 15 is 0 Å². The van der Waals surface area contributed by atoms with Gasteiger partial charge in [-0.1, -0.05) is 6.92 Å². The number of aryl methyl sites for hydroxylation is 1. The van der Waals surface area contributed by atoms with Gasteiger partial charge in [-0.2, -0.15) is 4.31 Å². The Morgan fingerprint density at radius 1 is 1.43 bits per heavy atom. The van der Waals surface area contributed by atoms with Crippen molar-refractivity contribution in [3.05, 3.63) is 23.5 Å². The average Bonchev–Trinajstić information content (AvgIpc) is 2.41. The number of hydrogen-bond acceptors (Lipinski definition) is 4. The number of anilines is 1. The monoisotopic (exact) mass is 317 g/mol. The average molecular weight is 317 g/mol. The molecule has 0 aliphatic carbocycles. The van der Waals surface area contributed by atoms with Crippen molar-refractivity contribution in [3.63, 3.8) is 0 Å². The molecule has 0 bridgehead atoms. The molecule has 1 rings (SSSR count). The Morgan fingerprint density at radius 2 is 2.05 bits per heavy atom. The summed E-state index contributed by atoms with van der Waals surface area (Å²) in [5.41, 5.74) is 5.46. The lowest BCUT2D eigenvalue weighted by Crippen LogP contribution is -2.40. The number of nitrogen functional groups attached to an aromatic ring is 1. The summed E-state index contributed by atoms with van der Waals surface area (Å²) in [6, 6.07) is 2.17. The van der Waals surface area contributed by atoms with Crippen LogP contribution in [0.4, 0.5) is 10.1 Å². The van der Waals surface area contributed by atoms with Crippen molar-refractivity contribution in [1.29, 1.82) is 0 Å². The van der Waals surface area contributed by atoms with Crippen LogP contribution in [0.25, 0.3) is 0 Å². The fraction of sp³-hybridized carbons (Fsp3) is 0.462. The second-order valence-electron chi connectivity index (χ2n) is 4.65. The highest BCUT2D eigenvalue weighted by Gasteiger charge is 2.28. The molecule has 118 valence electrons. The summed E-state index contributed by atoms with van der Waals surface area (Å²) < 4.78 is 39.7. The summed E-state index contributed by atoms with van der Waals surface area (Å²) in [4.78, 5) is 11.4. The number of carbonyl (C=O) groups excluding carboxylic acids is 1. The number of carbonyl (C=O) groups is 1. The van der Waals surface area contributed by atoms with Crippen molar-refractivity contribution in [3.8, 4) is 0 Å². The lowest BCUT2D eigenvalue weighted by Gasteiger charge is -2.22. The van der Waals surface area contributed by atoms with Crippen LogP contribution >= 0.6 is 0 Å². The molecule has 21 heavy (non-hydrogen) atoms. The van der Waals surface area contributed by atoms with Crippen LogP contribution in [0.15, 0.2) is 17.0 Å². The second kappa shape index (κ2) is 6.86. The molecular weight excluding hydrogens is 297 g/mol. The van der Waals surface area contributed by atoms with Crippen molar-refractivity contribution >= 4 is 21.6 Å². The Hall–Kier alpha value is -1.67. The number of sulfonamides is 1. The molecule has 1 amide bonds. The highest BCUT2D eigenvalue weighted by atomic mass is 32.2. The predicted octanol–water partition coefficient (Wildman–Crippen LogP) is 0.863. The number of nitrogens with two attached hydrogens (primary N) is 1. The maximum Gasteiger partial charge on any atom is 0.243 e. The molecule has 0 aromatic heterocycles. The quantitative estimate of drug-likeness (QED) is 0.761. The Labute approximate surface area is 124 Å². The Kier molecular flexibility index (Phi) is 5.68. The third kappa shape index (κ3) is 3.92. The first-order valence-electron chi connectivity index (χ1n) is 6.50. The molecule has 0 saturated carbocycles. The largest absolute Gasteiger partial charge is 0.396 e. The first-order chi connectivity index (χ1) is 9.73. The van der Waals surface area contributed by atoms with Gasteiger partial charge < -0.3 is 11.1 Å². The van der Waals surface area contributed by atoms with Gasteiger partial charge in [0.2, 0.25) is 15.9 Å². The van der Waals surface area contributed by atoms with Gasteiger partial charge in [0.1, 0.15) is 5.82 Å². The predicted molar refractivity (Wildman–Crippen MR) is 78.7 cm³/mol. The minimum atomic E-state index is -3.91. The van der Waals surface area contributed by atoms with E-state index in [-0.39, 0.29) is 29.2 Å². The lowest BCUT2D eigenvalue weighted by molar-refractivity contribution is -0.120. The van der Waals surface area contributed by atoms with Crippen molar-refractivity contribution in [2.75, 3.05) is 25.9 Å². The van der Waals surface area contributed by atoms with E-state index in [0.717, 1.165) is 16.4 Å². The highest BCUT2D eigenvalue weighted by molar-refractivity contribution is 7.89. The third-order valence-corrected chi connectivity index (χ3v) is 4.97. The Morgan fingerprint density at radius 3 is 2.57 bits per heavy atom. The summed E-state index contributed by atoms with van der Waals surface area (Å²) >= 11 is 0. The molecule has 0 fully saturated rings. The molecule has 0 aliphatic heterocycles. The van der Waals surface area contributed by atoms with Crippen LogP contribution in [0.2, 0.25) is 0 Å². The van der Waals surface area contributed by atoms with Crippen LogP contribution in [0.3, 0.4) is 0 Å². The van der Waals surface area contributed by atoms with Gasteiger partial charge in [0.05, 0.1) is 17.1 Å². The number of nitrogens with zero attached hydrogens (tertiary/aromatic N) is 1. The molecule has 0 heterocycles. The fourth-order valence-electron chi connectivity index (χ4n) is 1.86. The number of halogens is 1. The van der Waals surface area contributed by atoms with E-state index in [9.17, 15) is 17.6 Å². The number of rotatable bonds is 6. The van der Waals surface area contributed by atoms with Gasteiger partial charge in [-0.15, -0.1) is 0 Å². The van der Waals surface area contributed by atoms with Gasteiger partial charge in [0.25, 0.3) is 0 Å². The topological polar surface area (TPSA) is 92.5 Å². The minimum Gasteiger partial charge on any atom is -0.396 e. The van der Waals surface area contributed by atoms with Crippen LogP contribution in [-0.2, 0) is 14.8 Å². The molecule has 0 unspecified atom stereocenters. The van der Waals surface area contributed by atoms with Crippen LogP contribution in [0, 0.1) is 12.7 Å². The van der Waals surface area contributed by atoms with Gasteiger partial charge in [0.15, 0.2) is 0 Å². The smallest absolute Gasteiger partial charge is 0.243 e. The van der Waals surface area contributed by atoms with E-state index in [1.165, 1.54) is 14.0 Å². The second-order valence-corrected chi connectivity index (χ2v) is 6.56. The number of benzene rings is 1. The minimum absolute atomic E-state index is 0.0845. The van der Waals surface area contributed by atoms with Gasteiger partial charge in [0, 0.05) is 13.6 Å². The van der Waals surface area contributed by atoms with Gasteiger partial charge in [-0.05, 0) is 31.0 Å². The third-order valence-electron chi connectivity index (χ3n) is 2.98. The molecule has 0 aliphatic rings. The molecular formula is C13H20FN3O3S. The van der Waals surface area contributed by atoms with Crippen LogP contribution in [0.1, 0.15) is 18.9 Å². The van der Waals surface area contributed by atoms with Crippen molar-refractivity contribution in [2.45, 2.75) is 25.2 Å². The van der Waals surface area contributed by atoms with E-state index in [0.29, 0.717) is 6.42 Å². The zero-order valence-corrected chi connectivity index (χ0v) is 13.1. The van der Waals surface area contributed by atoms with Crippen molar-refractivity contribution in [2.24, 2.45) is 0 Å². The van der Waals surface area contributed by atoms with E-state index in [1.54, 1.807) is 6.92 Å². The highest BCUT2D eigenvalue weighted by Crippen LogP contribution is 2.24. The van der Waals surface area contributed by atoms with Gasteiger partial charge in [-0.3, -0.25) is 4.79 Å². The number of hydrogen-bond donors (Lipinski definition) is 2. The number of amides is 1. The van der Waals surface area contributed by atoms with Crippen LogP contribution < -0.4 is 11.1 Å². The molecule has 3 N–H and O–H groups in total. The standard InChI is InChI=1S/C13H20FN3O3S/c1-4-5-17(8-13(18)16-3)21(19,20)12-7-11(15)10(14)6-9(12)2/h6-7H,4-5,8,15H2,1-3H3,(H,16,18). The maximum atomic E-state index is 13.4. The first kappa shape index (κ1) is 17.4. The molecule has 0 radical (unpaired) electrons. The SMILES string of the molecule is CCCN(CC(=O)NC)S(=O)(=O)c1cc(N)c(F)cc1C. The summed E-state index contributed by atoms with van der Waals surface area (Å²) in [7, 11) is -2.48. The summed E-state index contributed by atoms with van der Waals surface area (Å²) in [6.45, 7) is 3.19. The van der Waals surface area contributed by atoms with Crippen LogP contribution in [-0.4, -0.2) is 38.8 Å². The molecule has 8 heteroatoms. The van der Waals surface area contributed by atoms with E-state index in [1.807, 2.05) is 0 Å². The number of nitrogens with one attached hydrogen (secondary N) is 1. The van der Waals surface area contributed by atoms with Crippen molar-refractivity contribution in [1.82, 2.24) is 9.62 Å². The maximum absolute atomic E-state index is 13.4. The van der Waals surface area contributed by atoms with Crippen molar-refractivity contribution < 1.29 is 17.6 Å². The molecule has 1 aromatic carbocycles. The summed E-state index contributed by atoms with van der Waals surface area (Å²) in [5, 5.41) is 2.38. The van der Waals surface area contributed by atoms with E-state index in [2.05, 4.69) is 5.32 Å². The molecule has 0 spiro atoms. The summed E-state index contributed by atoms with van der Waals surface area (Å²) in [5.74, 6) is -1.08. The molecule has 0 atom stereocenters. The van der Waals surface area contributed by atoms with Gasteiger partial charge >= 0.3 is 0 Å². The fourth-order valence-corrected chi connectivity index (χ4v) is 3.59. The van der Waals surface area contributed by atoms with Gasteiger partial charge in [-0.25, -0.2) is 12.8 Å². The zero-order chi connectivity index (χ0) is 16.2.